The maximum absolute atomic E-state index is 12.9. The molecule has 0 aliphatic carbocycles. The molecule has 0 radical (unpaired) electrons. The number of carboxylic acids is 1. The monoisotopic (exact) mass is 320 g/mol. The molecule has 1 aromatic rings. The Morgan fingerprint density at radius 2 is 2.18 bits per heavy atom. The molecule has 0 aliphatic heterocycles. The van der Waals surface area contributed by atoms with Crippen LogP contribution in [-0.2, 0) is 10.5 Å². The molecule has 0 aliphatic rings. The summed E-state index contributed by atoms with van der Waals surface area (Å²) in [5.74, 6) is -0.486. The third-order valence-electron chi connectivity index (χ3n) is 2.28. The smallest absolute Gasteiger partial charge is 0.316 e. The third kappa shape index (κ3) is 4.32. The van der Waals surface area contributed by atoms with Crippen LogP contribution in [0.5, 0.6) is 0 Å². The fraction of sp³-hybridized carbons (Fsp3) is 0.417. The van der Waals surface area contributed by atoms with Gasteiger partial charge in [0.1, 0.15) is 11.1 Å². The zero-order valence-electron chi connectivity index (χ0n) is 9.61. The van der Waals surface area contributed by atoms with Gasteiger partial charge in [0.15, 0.2) is 0 Å². The number of benzene rings is 1. The standard InChI is InChI=1S/C12H14BrFO2S/c1-7(2)11(12(15)16)17-6-8-3-4-9(14)5-10(8)13/h3-5,7,11H,6H2,1-2H3,(H,15,16). The van der Waals surface area contributed by atoms with E-state index in [1.54, 1.807) is 6.07 Å². The van der Waals surface area contributed by atoms with Crippen LogP contribution in [0.2, 0.25) is 0 Å². The van der Waals surface area contributed by atoms with Crippen molar-refractivity contribution in [2.75, 3.05) is 0 Å². The van der Waals surface area contributed by atoms with E-state index in [4.69, 9.17) is 5.11 Å². The summed E-state index contributed by atoms with van der Waals surface area (Å²) < 4.78 is 13.6. The number of hydrogen-bond acceptors (Lipinski definition) is 2. The van der Waals surface area contributed by atoms with Crippen LogP contribution in [0.15, 0.2) is 22.7 Å². The van der Waals surface area contributed by atoms with Gasteiger partial charge in [-0.05, 0) is 23.6 Å². The molecule has 1 aromatic carbocycles. The number of carboxylic acid groups (broad SMARTS) is 1. The SMILES string of the molecule is CC(C)C(SCc1ccc(F)cc1Br)C(=O)O. The largest absolute Gasteiger partial charge is 0.480 e. The van der Waals surface area contributed by atoms with Crippen molar-refractivity contribution >= 4 is 33.7 Å². The van der Waals surface area contributed by atoms with E-state index in [0.29, 0.717) is 10.2 Å². The summed E-state index contributed by atoms with van der Waals surface area (Å²) in [6, 6.07) is 4.44. The molecule has 0 saturated heterocycles. The van der Waals surface area contributed by atoms with Gasteiger partial charge in [-0.2, -0.15) is 0 Å². The topological polar surface area (TPSA) is 37.3 Å². The van der Waals surface area contributed by atoms with E-state index < -0.39 is 11.2 Å². The molecule has 1 N–H and O–H groups in total. The molecular weight excluding hydrogens is 307 g/mol. The highest BCUT2D eigenvalue weighted by Crippen LogP contribution is 2.28. The second-order valence-electron chi connectivity index (χ2n) is 4.05. The van der Waals surface area contributed by atoms with Gasteiger partial charge in [-0.15, -0.1) is 11.8 Å². The highest BCUT2D eigenvalue weighted by molar-refractivity contribution is 9.10. The van der Waals surface area contributed by atoms with E-state index in [0.717, 1.165) is 5.56 Å². The molecule has 1 rings (SSSR count). The minimum Gasteiger partial charge on any atom is -0.480 e. The minimum absolute atomic E-state index is 0.0664. The lowest BCUT2D eigenvalue weighted by atomic mass is 10.1. The van der Waals surface area contributed by atoms with E-state index in [2.05, 4.69) is 15.9 Å². The predicted molar refractivity (Wildman–Crippen MR) is 71.7 cm³/mol. The molecule has 94 valence electrons. The first-order chi connectivity index (χ1) is 7.91. The van der Waals surface area contributed by atoms with Crippen molar-refractivity contribution in [1.29, 1.82) is 0 Å². The van der Waals surface area contributed by atoms with Crippen LogP contribution in [-0.4, -0.2) is 16.3 Å². The lowest BCUT2D eigenvalue weighted by Crippen LogP contribution is -2.22. The summed E-state index contributed by atoms with van der Waals surface area (Å²) in [6.07, 6.45) is 0. The summed E-state index contributed by atoms with van der Waals surface area (Å²) in [4.78, 5) is 11.0. The Morgan fingerprint density at radius 1 is 1.53 bits per heavy atom. The van der Waals surface area contributed by atoms with E-state index in [1.807, 2.05) is 13.8 Å². The molecule has 2 nitrogen and oxygen atoms in total. The van der Waals surface area contributed by atoms with E-state index in [1.165, 1.54) is 23.9 Å². The van der Waals surface area contributed by atoms with Gasteiger partial charge in [0.25, 0.3) is 0 Å². The Balaban J connectivity index is 2.69. The Bertz CT molecular complexity index is 409. The highest BCUT2D eigenvalue weighted by Gasteiger charge is 2.22. The van der Waals surface area contributed by atoms with Crippen LogP contribution in [0.1, 0.15) is 19.4 Å². The van der Waals surface area contributed by atoms with Gasteiger partial charge in [-0.3, -0.25) is 4.79 Å². The van der Waals surface area contributed by atoms with Gasteiger partial charge in [0.05, 0.1) is 0 Å². The molecule has 0 aromatic heterocycles. The van der Waals surface area contributed by atoms with Gasteiger partial charge in [-0.25, -0.2) is 4.39 Å². The van der Waals surface area contributed by atoms with Crippen molar-refractivity contribution in [3.05, 3.63) is 34.1 Å². The lowest BCUT2D eigenvalue weighted by molar-refractivity contribution is -0.137. The summed E-state index contributed by atoms with van der Waals surface area (Å²) in [7, 11) is 0. The summed E-state index contributed by atoms with van der Waals surface area (Å²) in [6.45, 7) is 3.76. The molecule has 1 atom stereocenters. The Labute approximate surface area is 113 Å². The van der Waals surface area contributed by atoms with Crippen LogP contribution in [0.3, 0.4) is 0 Å². The van der Waals surface area contributed by atoms with Crippen molar-refractivity contribution in [2.24, 2.45) is 5.92 Å². The summed E-state index contributed by atoms with van der Waals surface area (Å²) in [5.41, 5.74) is 0.906. The summed E-state index contributed by atoms with van der Waals surface area (Å²) >= 11 is 4.63. The number of hydrogen-bond donors (Lipinski definition) is 1. The van der Waals surface area contributed by atoms with Crippen molar-refractivity contribution in [1.82, 2.24) is 0 Å². The number of rotatable bonds is 5. The molecule has 0 amide bonds. The van der Waals surface area contributed by atoms with Crippen molar-refractivity contribution < 1.29 is 14.3 Å². The number of carbonyl (C=O) groups is 1. The molecule has 0 heterocycles. The van der Waals surface area contributed by atoms with Crippen molar-refractivity contribution in [2.45, 2.75) is 24.9 Å². The average Bonchev–Trinajstić information content (AvgIpc) is 2.20. The van der Waals surface area contributed by atoms with Gasteiger partial charge < -0.3 is 5.11 Å². The Hall–Kier alpha value is -0.550. The third-order valence-corrected chi connectivity index (χ3v) is 4.60. The number of aliphatic carboxylic acids is 1. The zero-order valence-corrected chi connectivity index (χ0v) is 12.0. The molecule has 17 heavy (non-hydrogen) atoms. The number of halogens is 2. The van der Waals surface area contributed by atoms with Crippen molar-refractivity contribution in [3.8, 4) is 0 Å². The maximum Gasteiger partial charge on any atom is 0.316 e. The molecule has 0 fully saturated rings. The normalized spacial score (nSPS) is 12.8. The molecule has 1 unspecified atom stereocenters. The lowest BCUT2D eigenvalue weighted by Gasteiger charge is -2.16. The first kappa shape index (κ1) is 14.5. The number of thioether (sulfide) groups is 1. The zero-order chi connectivity index (χ0) is 13.0. The predicted octanol–water partition coefficient (Wildman–Crippen LogP) is 3.93. The summed E-state index contributed by atoms with van der Waals surface area (Å²) in [5, 5.41) is 8.60. The minimum atomic E-state index is -0.803. The van der Waals surface area contributed by atoms with Crippen LogP contribution >= 0.6 is 27.7 Å². The molecule has 5 heteroatoms. The highest BCUT2D eigenvalue weighted by atomic mass is 79.9. The Kier molecular flexibility index (Phi) is 5.46. The molecule has 0 saturated carbocycles. The van der Waals surface area contributed by atoms with Gasteiger partial charge in [0, 0.05) is 10.2 Å². The quantitative estimate of drug-likeness (QED) is 0.893. The van der Waals surface area contributed by atoms with Crippen LogP contribution < -0.4 is 0 Å². The van der Waals surface area contributed by atoms with E-state index >= 15 is 0 Å². The van der Waals surface area contributed by atoms with Gasteiger partial charge in [-0.1, -0.05) is 35.8 Å². The molecular formula is C12H14BrFO2S. The van der Waals surface area contributed by atoms with Crippen LogP contribution in [0, 0.1) is 11.7 Å². The second kappa shape index (κ2) is 6.40. The van der Waals surface area contributed by atoms with E-state index in [9.17, 15) is 9.18 Å². The average molecular weight is 321 g/mol. The maximum atomic E-state index is 12.9. The first-order valence-corrected chi connectivity index (χ1v) is 7.04. The Morgan fingerprint density at radius 3 is 2.65 bits per heavy atom. The van der Waals surface area contributed by atoms with Crippen LogP contribution in [0.25, 0.3) is 0 Å². The fourth-order valence-electron chi connectivity index (χ4n) is 1.37. The van der Waals surface area contributed by atoms with Gasteiger partial charge in [0.2, 0.25) is 0 Å². The van der Waals surface area contributed by atoms with Crippen LogP contribution in [0.4, 0.5) is 4.39 Å². The second-order valence-corrected chi connectivity index (χ2v) is 6.03. The van der Waals surface area contributed by atoms with E-state index in [-0.39, 0.29) is 11.7 Å². The molecule has 0 spiro atoms. The van der Waals surface area contributed by atoms with Crippen molar-refractivity contribution in [3.63, 3.8) is 0 Å². The first-order valence-electron chi connectivity index (χ1n) is 5.20. The fourth-order valence-corrected chi connectivity index (χ4v) is 3.18. The molecule has 0 bridgehead atoms. The van der Waals surface area contributed by atoms with Gasteiger partial charge >= 0.3 is 5.97 Å².